The second kappa shape index (κ2) is 4.40. The zero-order chi connectivity index (χ0) is 12.5. The molecular formula is C13H20O3. The molecule has 3 atom stereocenters. The molecule has 3 nitrogen and oxygen atoms in total. The lowest BCUT2D eigenvalue weighted by molar-refractivity contribution is -0.179. The number of esters is 1. The molecule has 0 amide bonds. The molecule has 0 radical (unpaired) electrons. The van der Waals surface area contributed by atoms with Gasteiger partial charge in [0.1, 0.15) is 11.5 Å². The van der Waals surface area contributed by atoms with Gasteiger partial charge in [0.2, 0.25) is 0 Å². The lowest BCUT2D eigenvalue weighted by atomic mass is 9.75. The van der Waals surface area contributed by atoms with Gasteiger partial charge in [0.15, 0.2) is 5.78 Å². The van der Waals surface area contributed by atoms with Crippen LogP contribution in [0, 0.1) is 17.3 Å². The smallest absolute Gasteiger partial charge is 0.319 e. The molecule has 0 saturated carbocycles. The van der Waals surface area contributed by atoms with Gasteiger partial charge in [-0.3, -0.25) is 9.59 Å². The number of rotatable bonds is 2. The number of carbonyl (C=O) groups is 2. The number of hydrogen-bond donors (Lipinski definition) is 0. The summed E-state index contributed by atoms with van der Waals surface area (Å²) in [5, 5.41) is 0. The maximum Gasteiger partial charge on any atom is 0.319 e. The van der Waals surface area contributed by atoms with Gasteiger partial charge in [0.25, 0.3) is 0 Å². The van der Waals surface area contributed by atoms with Crippen molar-refractivity contribution < 1.29 is 14.3 Å². The Hall–Kier alpha value is -1.12. The Labute approximate surface area is 96.9 Å². The van der Waals surface area contributed by atoms with Crippen molar-refractivity contribution in [3.63, 3.8) is 0 Å². The van der Waals surface area contributed by atoms with E-state index in [1.165, 1.54) is 0 Å². The number of Topliss-reactive ketones (excluding diaryl/α,β-unsaturated/α-hetero) is 1. The van der Waals surface area contributed by atoms with Crippen LogP contribution in [0.15, 0.2) is 12.2 Å². The van der Waals surface area contributed by atoms with Crippen molar-refractivity contribution in [1.29, 1.82) is 0 Å². The Balaban J connectivity index is 2.94. The van der Waals surface area contributed by atoms with Crippen LogP contribution in [0.5, 0.6) is 0 Å². The van der Waals surface area contributed by atoms with E-state index in [0.717, 1.165) is 0 Å². The van der Waals surface area contributed by atoms with E-state index in [-0.39, 0.29) is 23.7 Å². The van der Waals surface area contributed by atoms with E-state index in [1.54, 1.807) is 13.8 Å². The van der Waals surface area contributed by atoms with E-state index in [1.807, 2.05) is 32.9 Å². The topological polar surface area (TPSA) is 43.4 Å². The molecule has 0 aromatic carbocycles. The third-order valence-corrected chi connectivity index (χ3v) is 3.29. The van der Waals surface area contributed by atoms with Gasteiger partial charge in [-0.25, -0.2) is 0 Å². The molecule has 1 aliphatic heterocycles. The first-order valence-corrected chi connectivity index (χ1v) is 5.70. The van der Waals surface area contributed by atoms with Crippen LogP contribution in [0.4, 0.5) is 0 Å². The summed E-state index contributed by atoms with van der Waals surface area (Å²) in [4.78, 5) is 23.8. The quantitative estimate of drug-likeness (QED) is 0.411. The summed E-state index contributed by atoms with van der Waals surface area (Å²) in [6, 6.07) is 0. The maximum absolute atomic E-state index is 12.1. The molecular weight excluding hydrogens is 204 g/mol. The first kappa shape index (κ1) is 12.9. The van der Waals surface area contributed by atoms with E-state index >= 15 is 0 Å². The highest BCUT2D eigenvalue weighted by Crippen LogP contribution is 2.34. The Morgan fingerprint density at radius 2 is 1.94 bits per heavy atom. The Kier molecular flexibility index (Phi) is 3.56. The zero-order valence-electron chi connectivity index (χ0n) is 10.6. The Morgan fingerprint density at radius 3 is 2.44 bits per heavy atom. The van der Waals surface area contributed by atoms with E-state index in [9.17, 15) is 9.59 Å². The van der Waals surface area contributed by atoms with E-state index in [2.05, 4.69) is 0 Å². The van der Waals surface area contributed by atoms with Gasteiger partial charge in [-0.2, -0.15) is 0 Å². The molecule has 0 aromatic rings. The van der Waals surface area contributed by atoms with Gasteiger partial charge in [-0.15, -0.1) is 0 Å². The average Bonchev–Trinajstić information content (AvgIpc) is 2.21. The highest BCUT2D eigenvalue weighted by atomic mass is 16.5. The predicted octanol–water partition coefficient (Wildman–Crippen LogP) is 2.36. The van der Waals surface area contributed by atoms with E-state index in [0.29, 0.717) is 0 Å². The van der Waals surface area contributed by atoms with Crippen molar-refractivity contribution in [2.24, 2.45) is 17.3 Å². The standard InChI is InChI=1S/C13H20O3/c1-6-7-8(2)10-9(3)11(14)13(4,5)12(15)16-10/h6-10H,1-5H3/t8-,9+,10-/m0/s1. The molecule has 3 heteroatoms. The molecule has 90 valence electrons. The molecule has 0 unspecified atom stereocenters. The van der Waals surface area contributed by atoms with Crippen LogP contribution in [0.1, 0.15) is 34.6 Å². The molecule has 0 bridgehead atoms. The van der Waals surface area contributed by atoms with Crippen molar-refractivity contribution >= 4 is 11.8 Å². The Morgan fingerprint density at radius 1 is 1.38 bits per heavy atom. The normalized spacial score (nSPS) is 31.6. The van der Waals surface area contributed by atoms with Crippen LogP contribution in [0.25, 0.3) is 0 Å². The van der Waals surface area contributed by atoms with Crippen molar-refractivity contribution in [3.8, 4) is 0 Å². The molecule has 1 aliphatic rings. The summed E-state index contributed by atoms with van der Waals surface area (Å²) in [6.45, 7) is 8.97. The summed E-state index contributed by atoms with van der Waals surface area (Å²) in [5.74, 6) is -0.593. The second-order valence-corrected chi connectivity index (χ2v) is 5.03. The fraction of sp³-hybridized carbons (Fsp3) is 0.692. The molecule has 1 heterocycles. The van der Waals surface area contributed by atoms with Crippen LogP contribution >= 0.6 is 0 Å². The fourth-order valence-corrected chi connectivity index (χ4v) is 2.17. The molecule has 1 saturated heterocycles. The third kappa shape index (κ3) is 2.04. The monoisotopic (exact) mass is 224 g/mol. The summed E-state index contributed by atoms with van der Waals surface area (Å²) >= 11 is 0. The first-order valence-electron chi connectivity index (χ1n) is 5.70. The minimum Gasteiger partial charge on any atom is -0.460 e. The summed E-state index contributed by atoms with van der Waals surface area (Å²) in [5.41, 5.74) is -0.994. The predicted molar refractivity (Wildman–Crippen MR) is 61.8 cm³/mol. The number of ether oxygens (including phenoxy) is 1. The van der Waals surface area contributed by atoms with Gasteiger partial charge >= 0.3 is 5.97 Å². The molecule has 0 spiro atoms. The molecule has 1 fully saturated rings. The number of cyclic esters (lactones) is 1. The average molecular weight is 224 g/mol. The van der Waals surface area contributed by atoms with Crippen molar-refractivity contribution in [2.45, 2.75) is 40.7 Å². The maximum atomic E-state index is 12.1. The lowest BCUT2D eigenvalue weighted by Gasteiger charge is -2.38. The molecule has 0 aliphatic carbocycles. The summed E-state index contributed by atoms with van der Waals surface area (Å²) < 4.78 is 5.39. The van der Waals surface area contributed by atoms with Crippen LogP contribution < -0.4 is 0 Å². The first-order chi connectivity index (χ1) is 7.32. The number of hydrogen-bond acceptors (Lipinski definition) is 3. The summed E-state index contributed by atoms with van der Waals surface area (Å²) in [6.07, 6.45) is 3.54. The molecule has 0 N–H and O–H groups in total. The van der Waals surface area contributed by atoms with Gasteiger partial charge < -0.3 is 4.74 Å². The van der Waals surface area contributed by atoms with Gasteiger partial charge in [0, 0.05) is 5.92 Å². The summed E-state index contributed by atoms with van der Waals surface area (Å²) in [7, 11) is 0. The third-order valence-electron chi connectivity index (χ3n) is 3.29. The van der Waals surface area contributed by atoms with Crippen LogP contribution in [0.2, 0.25) is 0 Å². The van der Waals surface area contributed by atoms with Crippen molar-refractivity contribution in [1.82, 2.24) is 0 Å². The van der Waals surface area contributed by atoms with Crippen molar-refractivity contribution in [3.05, 3.63) is 12.2 Å². The van der Waals surface area contributed by atoms with Gasteiger partial charge in [-0.05, 0) is 20.8 Å². The number of allylic oxidation sites excluding steroid dienone is 1. The van der Waals surface area contributed by atoms with Crippen LogP contribution in [-0.4, -0.2) is 17.9 Å². The highest BCUT2D eigenvalue weighted by Gasteiger charge is 2.49. The number of carbonyl (C=O) groups excluding carboxylic acids is 2. The highest BCUT2D eigenvalue weighted by molar-refractivity contribution is 6.05. The van der Waals surface area contributed by atoms with Gasteiger partial charge in [-0.1, -0.05) is 26.0 Å². The van der Waals surface area contributed by atoms with E-state index < -0.39 is 11.4 Å². The van der Waals surface area contributed by atoms with Crippen LogP contribution in [-0.2, 0) is 14.3 Å². The molecule has 16 heavy (non-hydrogen) atoms. The van der Waals surface area contributed by atoms with Crippen LogP contribution in [0.3, 0.4) is 0 Å². The number of ketones is 1. The van der Waals surface area contributed by atoms with Crippen molar-refractivity contribution in [2.75, 3.05) is 0 Å². The van der Waals surface area contributed by atoms with Gasteiger partial charge in [0.05, 0.1) is 5.92 Å². The second-order valence-electron chi connectivity index (χ2n) is 5.03. The minimum absolute atomic E-state index is 0.0231. The fourth-order valence-electron chi connectivity index (χ4n) is 2.17. The Bertz CT molecular complexity index is 328. The minimum atomic E-state index is -0.994. The SMILES string of the molecule is CC=C[C@H](C)[C@@H]1OC(=O)C(C)(C)C(=O)[C@@H]1C. The van der Waals surface area contributed by atoms with E-state index in [4.69, 9.17) is 4.74 Å². The lowest BCUT2D eigenvalue weighted by Crippen LogP contribution is -2.51. The molecule has 1 rings (SSSR count). The zero-order valence-corrected chi connectivity index (χ0v) is 10.6. The largest absolute Gasteiger partial charge is 0.460 e. The molecule has 0 aromatic heterocycles.